The highest BCUT2D eigenvalue weighted by atomic mass is 16.1. The third kappa shape index (κ3) is 5.45. The van der Waals surface area contributed by atoms with Crippen molar-refractivity contribution in [2.75, 3.05) is 39.3 Å². The van der Waals surface area contributed by atoms with E-state index in [9.17, 15) is 4.79 Å². The van der Waals surface area contributed by atoms with Crippen molar-refractivity contribution in [1.82, 2.24) is 25.1 Å². The first-order valence-electron chi connectivity index (χ1n) is 12.5. The van der Waals surface area contributed by atoms with Crippen LogP contribution in [0.1, 0.15) is 49.0 Å². The summed E-state index contributed by atoms with van der Waals surface area (Å²) >= 11 is 0. The largest absolute Gasteiger partial charge is 0.351 e. The maximum absolute atomic E-state index is 13.0. The van der Waals surface area contributed by atoms with Gasteiger partial charge >= 0.3 is 0 Å². The van der Waals surface area contributed by atoms with E-state index < -0.39 is 0 Å². The Kier molecular flexibility index (Phi) is 7.03. The molecule has 2 N–H and O–H groups in total. The monoisotopic (exact) mass is 445 g/mol. The third-order valence-electron chi connectivity index (χ3n) is 7.25. The van der Waals surface area contributed by atoms with Crippen LogP contribution in [0, 0.1) is 0 Å². The molecule has 2 aliphatic rings. The van der Waals surface area contributed by atoms with Gasteiger partial charge in [-0.1, -0.05) is 25.0 Å². The highest BCUT2D eigenvalue weighted by Crippen LogP contribution is 2.29. The molecule has 1 amide bonds. The number of nitrogens with one attached hydrogen (secondary N) is 2. The molecule has 174 valence electrons. The van der Waals surface area contributed by atoms with Crippen molar-refractivity contribution in [1.29, 1.82) is 0 Å². The predicted octanol–water partition coefficient (Wildman–Crippen LogP) is 4.30. The Hall–Kier alpha value is -2.70. The summed E-state index contributed by atoms with van der Waals surface area (Å²) in [5, 5.41) is 4.34. The lowest BCUT2D eigenvalue weighted by Gasteiger charge is -2.33. The molecule has 4 heterocycles. The lowest BCUT2D eigenvalue weighted by molar-refractivity contribution is 0.0902. The number of hydrogen-bond donors (Lipinski definition) is 2. The number of carbonyl (C=O) groups is 1. The zero-order valence-electron chi connectivity index (χ0n) is 19.4. The molecule has 0 atom stereocenters. The van der Waals surface area contributed by atoms with Gasteiger partial charge in [0.25, 0.3) is 5.91 Å². The number of aromatic amines is 1. The van der Waals surface area contributed by atoms with Crippen LogP contribution in [0.4, 0.5) is 0 Å². The Labute approximate surface area is 196 Å². The fourth-order valence-corrected chi connectivity index (χ4v) is 5.27. The van der Waals surface area contributed by atoms with E-state index in [1.165, 1.54) is 45.3 Å². The highest BCUT2D eigenvalue weighted by Gasteiger charge is 2.22. The van der Waals surface area contributed by atoms with Crippen molar-refractivity contribution in [3.05, 3.63) is 54.5 Å². The summed E-state index contributed by atoms with van der Waals surface area (Å²) in [6.45, 7) is 7.00. The van der Waals surface area contributed by atoms with E-state index in [1.54, 1.807) is 12.4 Å². The molecule has 2 aliphatic heterocycles. The van der Waals surface area contributed by atoms with E-state index >= 15 is 0 Å². The summed E-state index contributed by atoms with van der Waals surface area (Å²) in [6.07, 6.45) is 11.1. The van der Waals surface area contributed by atoms with Gasteiger partial charge in [0.1, 0.15) is 5.69 Å². The third-order valence-corrected chi connectivity index (χ3v) is 7.25. The molecule has 0 unspecified atom stereocenters. The summed E-state index contributed by atoms with van der Waals surface area (Å²) in [5.41, 5.74) is 3.84. The van der Waals surface area contributed by atoms with Gasteiger partial charge in [-0.3, -0.25) is 9.78 Å². The predicted molar refractivity (Wildman–Crippen MR) is 133 cm³/mol. The van der Waals surface area contributed by atoms with Gasteiger partial charge in [-0.15, -0.1) is 0 Å². The highest BCUT2D eigenvalue weighted by molar-refractivity contribution is 6.02. The maximum atomic E-state index is 13.0. The number of benzene rings is 1. The first kappa shape index (κ1) is 22.1. The van der Waals surface area contributed by atoms with Gasteiger partial charge < -0.3 is 20.1 Å². The van der Waals surface area contributed by atoms with Gasteiger partial charge in [0.2, 0.25) is 0 Å². The van der Waals surface area contributed by atoms with Crippen molar-refractivity contribution < 1.29 is 4.79 Å². The number of piperidine rings is 1. The van der Waals surface area contributed by atoms with Crippen LogP contribution in [0.15, 0.2) is 48.8 Å². The number of fused-ring (bicyclic) bond motifs is 1. The van der Waals surface area contributed by atoms with Gasteiger partial charge in [-0.2, -0.15) is 0 Å². The number of aromatic nitrogens is 2. The quantitative estimate of drug-likeness (QED) is 0.594. The van der Waals surface area contributed by atoms with Gasteiger partial charge in [-0.25, -0.2) is 0 Å². The average molecular weight is 446 g/mol. The second-order valence-electron chi connectivity index (χ2n) is 9.53. The standard InChI is InChI=1S/C27H35N5O/c33-27(26-20-24-23(6-5-7-25(24)30-26)21-8-12-28-13-9-21)29-22-10-16-32(17-11-22)19-18-31-14-3-1-2-4-15-31/h5-9,12-13,20,22,30H,1-4,10-11,14-19H2,(H,29,33). The van der Waals surface area contributed by atoms with Crippen molar-refractivity contribution in [2.45, 2.75) is 44.6 Å². The van der Waals surface area contributed by atoms with Crippen LogP contribution >= 0.6 is 0 Å². The van der Waals surface area contributed by atoms with E-state index in [0.29, 0.717) is 5.69 Å². The number of likely N-dealkylation sites (tertiary alicyclic amines) is 2. The van der Waals surface area contributed by atoms with Gasteiger partial charge in [-0.05, 0) is 74.2 Å². The molecule has 2 saturated heterocycles. The van der Waals surface area contributed by atoms with Crippen molar-refractivity contribution in [3.63, 3.8) is 0 Å². The van der Waals surface area contributed by atoms with E-state index in [0.717, 1.165) is 54.5 Å². The summed E-state index contributed by atoms with van der Waals surface area (Å²) in [7, 11) is 0. The van der Waals surface area contributed by atoms with Crippen LogP contribution in [-0.4, -0.2) is 71.0 Å². The number of carbonyl (C=O) groups excluding carboxylic acids is 1. The van der Waals surface area contributed by atoms with Crippen molar-refractivity contribution in [2.24, 2.45) is 0 Å². The van der Waals surface area contributed by atoms with Crippen LogP contribution in [0.3, 0.4) is 0 Å². The Morgan fingerprint density at radius 3 is 2.36 bits per heavy atom. The van der Waals surface area contributed by atoms with E-state index in [1.807, 2.05) is 30.3 Å². The number of hydrogen-bond acceptors (Lipinski definition) is 4. The van der Waals surface area contributed by atoms with E-state index in [4.69, 9.17) is 0 Å². The molecule has 0 saturated carbocycles. The Balaban J connectivity index is 1.15. The number of nitrogens with zero attached hydrogens (tertiary/aromatic N) is 3. The summed E-state index contributed by atoms with van der Waals surface area (Å²) in [6, 6.07) is 12.4. The lowest BCUT2D eigenvalue weighted by atomic mass is 10.0. The summed E-state index contributed by atoms with van der Waals surface area (Å²) in [5.74, 6) is -0.00473. The van der Waals surface area contributed by atoms with Gasteiger partial charge in [0.15, 0.2) is 0 Å². The van der Waals surface area contributed by atoms with Crippen LogP contribution in [-0.2, 0) is 0 Å². The number of amides is 1. The number of pyridine rings is 1. The summed E-state index contributed by atoms with van der Waals surface area (Å²) in [4.78, 5) is 25.6. The van der Waals surface area contributed by atoms with Gasteiger partial charge in [0, 0.05) is 55.5 Å². The van der Waals surface area contributed by atoms with Gasteiger partial charge in [0.05, 0.1) is 0 Å². The molecule has 0 spiro atoms. The molecular formula is C27H35N5O. The lowest BCUT2D eigenvalue weighted by Crippen LogP contribution is -2.46. The van der Waals surface area contributed by atoms with E-state index in [-0.39, 0.29) is 11.9 Å². The molecule has 0 bridgehead atoms. The SMILES string of the molecule is O=C(NC1CCN(CCN2CCCCCC2)CC1)c1cc2c(-c3ccncc3)cccc2[nH]1. The fraction of sp³-hybridized carbons (Fsp3) is 0.481. The first-order chi connectivity index (χ1) is 16.3. The van der Waals surface area contributed by atoms with Crippen LogP contribution in [0.5, 0.6) is 0 Å². The number of H-pyrrole nitrogens is 1. The molecule has 2 aromatic heterocycles. The minimum Gasteiger partial charge on any atom is -0.351 e. The fourth-order valence-electron chi connectivity index (χ4n) is 5.27. The average Bonchev–Trinajstić information content (AvgIpc) is 3.13. The molecule has 5 rings (SSSR count). The molecule has 6 nitrogen and oxygen atoms in total. The molecule has 3 aromatic rings. The second-order valence-corrected chi connectivity index (χ2v) is 9.53. The molecule has 1 aromatic carbocycles. The molecule has 33 heavy (non-hydrogen) atoms. The Bertz CT molecular complexity index is 1050. The number of rotatable bonds is 6. The zero-order valence-corrected chi connectivity index (χ0v) is 19.4. The Morgan fingerprint density at radius 1 is 0.939 bits per heavy atom. The normalized spacial score (nSPS) is 18.9. The van der Waals surface area contributed by atoms with Crippen LogP contribution < -0.4 is 5.32 Å². The Morgan fingerprint density at radius 2 is 1.64 bits per heavy atom. The molecule has 0 aliphatic carbocycles. The minimum absolute atomic E-state index is 0.00473. The zero-order chi connectivity index (χ0) is 22.5. The molecular weight excluding hydrogens is 410 g/mol. The summed E-state index contributed by atoms with van der Waals surface area (Å²) < 4.78 is 0. The molecule has 0 radical (unpaired) electrons. The van der Waals surface area contributed by atoms with E-state index in [2.05, 4.69) is 31.2 Å². The molecule has 6 heteroatoms. The smallest absolute Gasteiger partial charge is 0.267 e. The molecule has 2 fully saturated rings. The van der Waals surface area contributed by atoms with Crippen molar-refractivity contribution >= 4 is 16.8 Å². The minimum atomic E-state index is -0.00473. The second kappa shape index (κ2) is 10.5. The topological polar surface area (TPSA) is 64.3 Å². The van der Waals surface area contributed by atoms with Crippen LogP contribution in [0.2, 0.25) is 0 Å². The first-order valence-corrected chi connectivity index (χ1v) is 12.5. The van der Waals surface area contributed by atoms with Crippen LogP contribution in [0.25, 0.3) is 22.0 Å². The maximum Gasteiger partial charge on any atom is 0.267 e. The van der Waals surface area contributed by atoms with Crippen molar-refractivity contribution in [3.8, 4) is 11.1 Å².